The molecule has 0 atom stereocenters. The minimum atomic E-state index is -3.71. The molecule has 3 N–H and O–H groups in total. The van der Waals surface area contributed by atoms with E-state index >= 15 is 0 Å². The number of amides is 1. The number of anilines is 1. The van der Waals surface area contributed by atoms with Crippen LogP contribution in [0.3, 0.4) is 0 Å². The summed E-state index contributed by atoms with van der Waals surface area (Å²) >= 11 is 0. The molecule has 0 bridgehead atoms. The summed E-state index contributed by atoms with van der Waals surface area (Å²) < 4.78 is 32.5. The smallest absolute Gasteiger partial charge is 0.246 e. The number of ether oxygens (including phenoxy) is 1. The number of carbonyl (C=O) groups is 1. The maximum Gasteiger partial charge on any atom is 0.246 e. The van der Waals surface area contributed by atoms with Crippen molar-refractivity contribution in [2.45, 2.75) is 44.0 Å². The van der Waals surface area contributed by atoms with Gasteiger partial charge in [0.2, 0.25) is 15.9 Å². The highest BCUT2D eigenvalue weighted by molar-refractivity contribution is 7.89. The third kappa shape index (κ3) is 3.71. The minimum absolute atomic E-state index is 0.0488. The molecule has 1 aromatic carbocycles. The number of hydrogen-bond acceptors (Lipinski definition) is 5. The Morgan fingerprint density at radius 3 is 2.42 bits per heavy atom. The van der Waals surface area contributed by atoms with Gasteiger partial charge in [0.15, 0.2) is 0 Å². The van der Waals surface area contributed by atoms with Crippen LogP contribution in [0.25, 0.3) is 0 Å². The first-order chi connectivity index (χ1) is 11.3. The maximum atomic E-state index is 12.8. The summed E-state index contributed by atoms with van der Waals surface area (Å²) in [5.41, 5.74) is 5.44. The second-order valence-corrected chi connectivity index (χ2v) is 7.70. The van der Waals surface area contributed by atoms with E-state index in [2.05, 4.69) is 5.32 Å². The van der Waals surface area contributed by atoms with E-state index in [1.165, 1.54) is 10.4 Å². The predicted molar refractivity (Wildman–Crippen MR) is 92.5 cm³/mol. The van der Waals surface area contributed by atoms with Gasteiger partial charge in [0.05, 0.1) is 12.1 Å². The molecule has 24 heavy (non-hydrogen) atoms. The molecule has 0 heterocycles. The van der Waals surface area contributed by atoms with Crippen LogP contribution in [0.4, 0.5) is 5.69 Å². The first-order valence-electron chi connectivity index (χ1n) is 8.15. The summed E-state index contributed by atoms with van der Waals surface area (Å²) in [5.74, 6) is -0.0193. The van der Waals surface area contributed by atoms with Gasteiger partial charge in [-0.15, -0.1) is 0 Å². The van der Waals surface area contributed by atoms with Crippen molar-refractivity contribution in [2.75, 3.05) is 25.0 Å². The van der Waals surface area contributed by atoms with Crippen LogP contribution in [0.1, 0.15) is 33.6 Å². The number of hydrogen-bond donors (Lipinski definition) is 2. The Morgan fingerprint density at radius 2 is 1.92 bits per heavy atom. The average molecular weight is 355 g/mol. The highest BCUT2D eigenvalue weighted by Gasteiger charge is 2.46. The second kappa shape index (κ2) is 7.08. The third-order valence-electron chi connectivity index (χ3n) is 4.07. The molecule has 134 valence electrons. The second-order valence-electron chi connectivity index (χ2n) is 5.79. The number of sulfonamides is 1. The van der Waals surface area contributed by atoms with Crippen LogP contribution < -0.4 is 15.8 Å². The fraction of sp³-hybridized carbons (Fsp3) is 0.562. The van der Waals surface area contributed by atoms with Crippen molar-refractivity contribution < 1.29 is 17.9 Å². The molecule has 0 spiro atoms. The molecule has 1 fully saturated rings. The molecule has 1 saturated carbocycles. The first-order valence-corrected chi connectivity index (χ1v) is 9.59. The summed E-state index contributed by atoms with van der Waals surface area (Å²) in [6, 6.07) is 4.61. The van der Waals surface area contributed by atoms with Gasteiger partial charge in [-0.1, -0.05) is 13.8 Å². The van der Waals surface area contributed by atoms with Crippen LogP contribution in [0.15, 0.2) is 23.1 Å². The van der Waals surface area contributed by atoms with Gasteiger partial charge in [0.1, 0.15) is 10.6 Å². The van der Waals surface area contributed by atoms with Crippen molar-refractivity contribution in [1.29, 1.82) is 0 Å². The number of nitrogens with zero attached hydrogens (tertiary/aromatic N) is 1. The lowest BCUT2D eigenvalue weighted by Gasteiger charge is -2.21. The van der Waals surface area contributed by atoms with Crippen LogP contribution in [0.5, 0.6) is 5.75 Å². The predicted octanol–water partition coefficient (Wildman–Crippen LogP) is 1.55. The molecule has 1 aromatic rings. The third-order valence-corrected chi connectivity index (χ3v) is 6.14. The van der Waals surface area contributed by atoms with E-state index in [1.54, 1.807) is 32.9 Å². The summed E-state index contributed by atoms with van der Waals surface area (Å²) in [7, 11) is -3.71. The Hall–Kier alpha value is -1.64. The van der Waals surface area contributed by atoms with Gasteiger partial charge in [0.25, 0.3) is 0 Å². The lowest BCUT2D eigenvalue weighted by molar-refractivity contribution is -0.118. The zero-order valence-corrected chi connectivity index (χ0v) is 15.1. The number of nitrogens with one attached hydrogen (secondary N) is 1. The molecule has 0 aliphatic heterocycles. The van der Waals surface area contributed by atoms with E-state index in [4.69, 9.17) is 10.5 Å². The van der Waals surface area contributed by atoms with Crippen LogP contribution >= 0.6 is 0 Å². The number of carbonyl (C=O) groups excluding carboxylic acids is 1. The minimum Gasteiger partial charge on any atom is -0.492 e. The standard InChI is InChI=1S/C16H25N3O4S/c1-4-19(5-2)24(21,22)14-11-12(7-8-13(14)23-6-3)18-15(20)16(17)9-10-16/h7-8,11H,4-6,9-10,17H2,1-3H3,(H,18,20). The van der Waals surface area contributed by atoms with E-state index in [1.807, 2.05) is 0 Å². The first kappa shape index (κ1) is 18.7. The zero-order chi connectivity index (χ0) is 18.0. The van der Waals surface area contributed by atoms with Gasteiger partial charge in [-0.05, 0) is 38.0 Å². The van der Waals surface area contributed by atoms with Crippen molar-refractivity contribution in [3.05, 3.63) is 18.2 Å². The van der Waals surface area contributed by atoms with Crippen molar-refractivity contribution in [2.24, 2.45) is 5.73 Å². The normalized spacial score (nSPS) is 16.0. The van der Waals surface area contributed by atoms with E-state index < -0.39 is 15.6 Å². The molecule has 1 aliphatic carbocycles. The molecule has 0 saturated heterocycles. The molecule has 7 nitrogen and oxygen atoms in total. The quantitative estimate of drug-likeness (QED) is 0.736. The fourth-order valence-corrected chi connectivity index (χ4v) is 4.00. The molecular formula is C16H25N3O4S. The number of rotatable bonds is 8. The Morgan fingerprint density at radius 1 is 1.29 bits per heavy atom. The molecule has 1 amide bonds. The fourth-order valence-electron chi connectivity index (χ4n) is 2.38. The van der Waals surface area contributed by atoms with E-state index in [9.17, 15) is 13.2 Å². The van der Waals surface area contributed by atoms with Crippen LogP contribution in [0, 0.1) is 0 Å². The molecule has 8 heteroatoms. The van der Waals surface area contributed by atoms with Crippen molar-refractivity contribution in [3.8, 4) is 5.75 Å². The van der Waals surface area contributed by atoms with Gasteiger partial charge in [0, 0.05) is 18.8 Å². The summed E-state index contributed by atoms with van der Waals surface area (Å²) in [6.07, 6.45) is 1.28. The van der Waals surface area contributed by atoms with Gasteiger partial charge in [-0.3, -0.25) is 4.79 Å². The lowest BCUT2D eigenvalue weighted by Crippen LogP contribution is -2.38. The van der Waals surface area contributed by atoms with Crippen molar-refractivity contribution >= 4 is 21.6 Å². The molecule has 2 rings (SSSR count). The topological polar surface area (TPSA) is 102 Å². The van der Waals surface area contributed by atoms with Crippen LogP contribution in [0.2, 0.25) is 0 Å². The Bertz CT molecular complexity index is 710. The Labute approximate surface area is 143 Å². The number of benzene rings is 1. The monoisotopic (exact) mass is 355 g/mol. The van der Waals surface area contributed by atoms with Crippen LogP contribution in [-0.4, -0.2) is 43.9 Å². The zero-order valence-electron chi connectivity index (χ0n) is 14.3. The Balaban J connectivity index is 2.39. The van der Waals surface area contributed by atoms with Gasteiger partial charge in [-0.25, -0.2) is 8.42 Å². The van der Waals surface area contributed by atoms with E-state index in [0.717, 1.165) is 0 Å². The molecule has 0 aromatic heterocycles. The molecular weight excluding hydrogens is 330 g/mol. The number of nitrogens with two attached hydrogens (primary N) is 1. The Kier molecular flexibility index (Phi) is 5.52. The van der Waals surface area contributed by atoms with Crippen molar-refractivity contribution in [1.82, 2.24) is 4.31 Å². The SMILES string of the molecule is CCOc1ccc(NC(=O)C2(N)CC2)cc1S(=O)(=O)N(CC)CC. The van der Waals surface area contributed by atoms with Gasteiger partial charge >= 0.3 is 0 Å². The maximum absolute atomic E-state index is 12.8. The molecule has 0 radical (unpaired) electrons. The molecule has 1 aliphatic rings. The van der Waals surface area contributed by atoms with E-state index in [0.29, 0.717) is 38.2 Å². The van der Waals surface area contributed by atoms with Crippen LogP contribution in [-0.2, 0) is 14.8 Å². The lowest BCUT2D eigenvalue weighted by atomic mass is 10.2. The highest BCUT2D eigenvalue weighted by atomic mass is 32.2. The summed E-state index contributed by atoms with van der Waals surface area (Å²) in [4.78, 5) is 12.1. The highest BCUT2D eigenvalue weighted by Crippen LogP contribution is 2.35. The van der Waals surface area contributed by atoms with Gasteiger partial charge in [-0.2, -0.15) is 4.31 Å². The van der Waals surface area contributed by atoms with E-state index in [-0.39, 0.29) is 16.6 Å². The molecule has 0 unspecified atom stereocenters. The summed E-state index contributed by atoms with van der Waals surface area (Å²) in [6.45, 7) is 6.39. The largest absolute Gasteiger partial charge is 0.492 e. The van der Waals surface area contributed by atoms with Gasteiger partial charge < -0.3 is 15.8 Å². The van der Waals surface area contributed by atoms with Crippen molar-refractivity contribution in [3.63, 3.8) is 0 Å². The average Bonchev–Trinajstić information content (AvgIpc) is 3.29. The summed E-state index contributed by atoms with van der Waals surface area (Å²) in [5, 5.41) is 2.70.